The van der Waals surface area contributed by atoms with E-state index in [1.165, 1.54) is 12.1 Å². The van der Waals surface area contributed by atoms with Crippen LogP contribution < -0.4 is 0 Å². The Morgan fingerprint density at radius 3 is 2.87 bits per heavy atom. The Morgan fingerprint density at radius 2 is 2.27 bits per heavy atom. The van der Waals surface area contributed by atoms with E-state index in [9.17, 15) is 4.39 Å². The van der Waals surface area contributed by atoms with Crippen LogP contribution in [0.15, 0.2) is 18.2 Å². The smallest absolute Gasteiger partial charge is 0.124 e. The molecular weight excluding hydrogens is 282 g/mol. The van der Waals surface area contributed by atoms with E-state index in [0.29, 0.717) is 16.5 Å². The number of hydrogen-bond donors (Lipinski definition) is 0. The summed E-state index contributed by atoms with van der Waals surface area (Å²) in [5.74, 6) is -0.295. The molecular formula is C11H13BrClFO. The van der Waals surface area contributed by atoms with Crippen LogP contribution in [0, 0.1) is 5.82 Å². The topological polar surface area (TPSA) is 9.23 Å². The van der Waals surface area contributed by atoms with Gasteiger partial charge >= 0.3 is 0 Å². The first kappa shape index (κ1) is 12.9. The molecule has 0 aliphatic carbocycles. The molecule has 1 aromatic rings. The number of hydrogen-bond acceptors (Lipinski definition) is 1. The van der Waals surface area contributed by atoms with Crippen LogP contribution in [0.2, 0.25) is 5.02 Å². The Bertz CT molecular complexity index is 319. The molecule has 0 heterocycles. The van der Waals surface area contributed by atoms with E-state index in [0.717, 1.165) is 18.4 Å². The first-order valence-corrected chi connectivity index (χ1v) is 5.99. The highest BCUT2D eigenvalue weighted by Gasteiger charge is 2.06. The van der Waals surface area contributed by atoms with Crippen LogP contribution in [-0.4, -0.2) is 18.5 Å². The number of ether oxygens (including phenoxy) is 1. The molecule has 1 unspecified atom stereocenters. The predicted octanol–water partition coefficient (Wildman–Crippen LogP) is 3.82. The van der Waals surface area contributed by atoms with Crippen molar-refractivity contribution >= 4 is 27.5 Å². The van der Waals surface area contributed by atoms with Crippen molar-refractivity contribution in [3.63, 3.8) is 0 Å². The second-order valence-corrected chi connectivity index (χ2v) is 5.03. The van der Waals surface area contributed by atoms with Crippen LogP contribution in [0.25, 0.3) is 0 Å². The summed E-state index contributed by atoms with van der Waals surface area (Å²) in [5, 5.41) is 0.493. The molecule has 0 saturated carbocycles. The van der Waals surface area contributed by atoms with Gasteiger partial charge in [-0.15, -0.1) is 0 Å². The van der Waals surface area contributed by atoms with Gasteiger partial charge in [-0.3, -0.25) is 0 Å². The largest absolute Gasteiger partial charge is 0.384 e. The van der Waals surface area contributed by atoms with Gasteiger partial charge in [-0.1, -0.05) is 33.6 Å². The maximum absolute atomic E-state index is 12.8. The Morgan fingerprint density at radius 1 is 1.53 bits per heavy atom. The second kappa shape index (κ2) is 6.46. The zero-order chi connectivity index (χ0) is 11.3. The van der Waals surface area contributed by atoms with Crippen LogP contribution in [0.4, 0.5) is 4.39 Å². The van der Waals surface area contributed by atoms with Gasteiger partial charge in [0.15, 0.2) is 0 Å². The minimum Gasteiger partial charge on any atom is -0.384 e. The van der Waals surface area contributed by atoms with Crippen molar-refractivity contribution in [2.24, 2.45) is 0 Å². The molecule has 84 valence electrons. The van der Waals surface area contributed by atoms with Crippen LogP contribution in [0.1, 0.15) is 12.0 Å². The number of aryl methyl sites for hydroxylation is 1. The van der Waals surface area contributed by atoms with Gasteiger partial charge in [-0.05, 0) is 30.5 Å². The summed E-state index contributed by atoms with van der Waals surface area (Å²) in [7, 11) is 1.67. The molecule has 0 fully saturated rings. The Kier molecular flexibility index (Phi) is 5.58. The summed E-state index contributed by atoms with van der Waals surface area (Å²) in [5.41, 5.74) is 0.971. The standard InChI is InChI=1S/C11H13BrClFO/c1-15-7-9(12)4-2-8-3-5-10(14)6-11(8)13/h3,5-6,9H,2,4,7H2,1H3. The molecule has 0 aliphatic rings. The predicted molar refractivity (Wildman–Crippen MR) is 64.3 cm³/mol. The molecule has 1 atom stereocenters. The first-order chi connectivity index (χ1) is 7.13. The maximum atomic E-state index is 12.8. The summed E-state index contributed by atoms with van der Waals surface area (Å²) in [4.78, 5) is 0.309. The van der Waals surface area contributed by atoms with E-state index in [1.807, 2.05) is 0 Å². The lowest BCUT2D eigenvalue weighted by molar-refractivity contribution is 0.198. The zero-order valence-electron chi connectivity index (χ0n) is 8.47. The van der Waals surface area contributed by atoms with Gasteiger partial charge in [-0.2, -0.15) is 0 Å². The highest BCUT2D eigenvalue weighted by atomic mass is 79.9. The third-order valence-electron chi connectivity index (χ3n) is 2.09. The molecule has 0 bridgehead atoms. The molecule has 0 amide bonds. The third-order valence-corrected chi connectivity index (χ3v) is 3.16. The van der Waals surface area contributed by atoms with Crippen molar-refractivity contribution in [3.05, 3.63) is 34.6 Å². The Balaban J connectivity index is 2.50. The van der Waals surface area contributed by atoms with Gasteiger partial charge in [0, 0.05) is 17.0 Å². The Labute approximate surface area is 103 Å². The molecule has 15 heavy (non-hydrogen) atoms. The first-order valence-electron chi connectivity index (χ1n) is 4.70. The van der Waals surface area contributed by atoms with Crippen LogP contribution in [0.3, 0.4) is 0 Å². The average molecular weight is 296 g/mol. The van der Waals surface area contributed by atoms with Gasteiger partial charge in [0.1, 0.15) is 5.82 Å². The summed E-state index contributed by atoms with van der Waals surface area (Å²) >= 11 is 9.40. The van der Waals surface area contributed by atoms with Gasteiger partial charge in [-0.25, -0.2) is 4.39 Å². The molecule has 1 aromatic carbocycles. The van der Waals surface area contributed by atoms with E-state index in [4.69, 9.17) is 16.3 Å². The molecule has 0 saturated heterocycles. The van der Waals surface area contributed by atoms with Crippen molar-refractivity contribution < 1.29 is 9.13 Å². The molecule has 1 nitrogen and oxygen atoms in total. The monoisotopic (exact) mass is 294 g/mol. The van der Waals surface area contributed by atoms with Gasteiger partial charge in [0.05, 0.1) is 6.61 Å². The molecule has 0 aliphatic heterocycles. The lowest BCUT2D eigenvalue weighted by Crippen LogP contribution is -2.07. The van der Waals surface area contributed by atoms with E-state index in [-0.39, 0.29) is 5.82 Å². The third kappa shape index (κ3) is 4.49. The number of methoxy groups -OCH3 is 1. The zero-order valence-corrected chi connectivity index (χ0v) is 10.8. The molecule has 0 aromatic heterocycles. The van der Waals surface area contributed by atoms with E-state index < -0.39 is 0 Å². The minimum atomic E-state index is -0.295. The van der Waals surface area contributed by atoms with E-state index >= 15 is 0 Å². The number of halogens is 3. The quantitative estimate of drug-likeness (QED) is 0.750. The average Bonchev–Trinajstić information content (AvgIpc) is 2.17. The van der Waals surface area contributed by atoms with Crippen molar-refractivity contribution in [3.8, 4) is 0 Å². The molecule has 0 radical (unpaired) electrons. The summed E-state index contributed by atoms with van der Waals surface area (Å²) in [6.45, 7) is 0.665. The molecule has 0 spiro atoms. The van der Waals surface area contributed by atoms with Gasteiger partial charge < -0.3 is 4.74 Å². The second-order valence-electron chi connectivity index (χ2n) is 3.33. The highest BCUT2D eigenvalue weighted by molar-refractivity contribution is 9.09. The van der Waals surface area contributed by atoms with Crippen LogP contribution in [-0.2, 0) is 11.2 Å². The SMILES string of the molecule is COCC(Br)CCc1ccc(F)cc1Cl. The van der Waals surface area contributed by atoms with Gasteiger partial charge in [0.25, 0.3) is 0 Å². The van der Waals surface area contributed by atoms with Crippen molar-refractivity contribution in [2.75, 3.05) is 13.7 Å². The Hall–Kier alpha value is -0.120. The minimum absolute atomic E-state index is 0.295. The molecule has 1 rings (SSSR count). The van der Waals surface area contributed by atoms with E-state index in [2.05, 4.69) is 15.9 Å². The van der Waals surface area contributed by atoms with Crippen molar-refractivity contribution in [2.45, 2.75) is 17.7 Å². The fourth-order valence-corrected chi connectivity index (χ4v) is 2.06. The normalized spacial score (nSPS) is 12.8. The van der Waals surface area contributed by atoms with Crippen molar-refractivity contribution in [1.29, 1.82) is 0 Å². The summed E-state index contributed by atoms with van der Waals surface area (Å²) < 4.78 is 17.8. The van der Waals surface area contributed by atoms with Crippen LogP contribution >= 0.6 is 27.5 Å². The number of rotatable bonds is 5. The van der Waals surface area contributed by atoms with Gasteiger partial charge in [0.2, 0.25) is 0 Å². The molecule has 0 N–H and O–H groups in total. The van der Waals surface area contributed by atoms with Crippen LogP contribution in [0.5, 0.6) is 0 Å². The van der Waals surface area contributed by atoms with E-state index in [1.54, 1.807) is 13.2 Å². The highest BCUT2D eigenvalue weighted by Crippen LogP contribution is 2.20. The summed E-state index contributed by atoms with van der Waals surface area (Å²) in [6, 6.07) is 4.50. The fraction of sp³-hybridized carbons (Fsp3) is 0.455. The fourth-order valence-electron chi connectivity index (χ4n) is 1.30. The van der Waals surface area contributed by atoms with Crippen molar-refractivity contribution in [1.82, 2.24) is 0 Å². The lowest BCUT2D eigenvalue weighted by Gasteiger charge is -2.09. The maximum Gasteiger partial charge on any atom is 0.124 e. The molecule has 4 heteroatoms. The lowest BCUT2D eigenvalue weighted by atomic mass is 10.1. The number of alkyl halides is 1. The summed E-state index contributed by atoms with van der Waals surface area (Å²) in [6.07, 6.45) is 1.73. The number of benzene rings is 1.